The number of amidine groups is 1. The van der Waals surface area contributed by atoms with Crippen molar-refractivity contribution in [3.05, 3.63) is 0 Å². The summed E-state index contributed by atoms with van der Waals surface area (Å²) in [4.78, 5) is 7.33. The average molecular weight is 281 g/mol. The molecule has 3 aliphatic heterocycles. The molecule has 3 rings (SSSR count). The van der Waals surface area contributed by atoms with E-state index in [-0.39, 0.29) is 0 Å². The van der Waals surface area contributed by atoms with E-state index in [2.05, 4.69) is 31.1 Å². The molecule has 3 nitrogen and oxygen atoms in total. The number of piperidine rings is 2. The molecule has 19 heavy (non-hydrogen) atoms. The van der Waals surface area contributed by atoms with Crippen LogP contribution >= 0.6 is 11.8 Å². The van der Waals surface area contributed by atoms with Crippen LogP contribution in [0.1, 0.15) is 46.0 Å². The number of nitrogens with zero attached hydrogens (tertiary/aromatic N) is 2. The Labute approximate surface area is 121 Å². The first-order valence-electron chi connectivity index (χ1n) is 7.83. The van der Waals surface area contributed by atoms with Gasteiger partial charge in [0.05, 0.1) is 6.54 Å². The topological polar surface area (TPSA) is 27.6 Å². The van der Waals surface area contributed by atoms with Crippen LogP contribution in [0.15, 0.2) is 4.99 Å². The highest BCUT2D eigenvalue weighted by Crippen LogP contribution is 2.33. The second-order valence-electron chi connectivity index (χ2n) is 6.76. The molecule has 3 atom stereocenters. The Kier molecular flexibility index (Phi) is 4.08. The van der Waals surface area contributed by atoms with Gasteiger partial charge in [-0.3, -0.25) is 4.99 Å². The summed E-state index contributed by atoms with van der Waals surface area (Å²) in [5, 5.41) is 5.64. The summed E-state index contributed by atoms with van der Waals surface area (Å²) in [6.45, 7) is 5.61. The van der Waals surface area contributed by atoms with Crippen molar-refractivity contribution in [2.75, 3.05) is 13.6 Å². The van der Waals surface area contributed by atoms with E-state index >= 15 is 0 Å². The van der Waals surface area contributed by atoms with E-state index in [1.807, 2.05) is 11.8 Å². The molecule has 2 fully saturated rings. The molecule has 0 aromatic carbocycles. The minimum atomic E-state index is 0.656. The van der Waals surface area contributed by atoms with Gasteiger partial charge in [0.15, 0.2) is 5.17 Å². The summed E-state index contributed by atoms with van der Waals surface area (Å²) in [7, 11) is 2.32. The number of hydrogen-bond donors (Lipinski definition) is 1. The minimum absolute atomic E-state index is 0.656. The van der Waals surface area contributed by atoms with Gasteiger partial charge in [-0.15, -0.1) is 0 Å². The Morgan fingerprint density at radius 1 is 1.26 bits per heavy atom. The maximum atomic E-state index is 4.70. The van der Waals surface area contributed by atoms with Gasteiger partial charge in [0.1, 0.15) is 0 Å². The molecule has 108 valence electrons. The molecule has 1 N–H and O–H groups in total. The van der Waals surface area contributed by atoms with Gasteiger partial charge in [0, 0.05) is 23.4 Å². The molecule has 2 saturated heterocycles. The molecular weight excluding hydrogens is 254 g/mol. The van der Waals surface area contributed by atoms with Crippen molar-refractivity contribution in [2.45, 2.75) is 69.3 Å². The first-order chi connectivity index (χ1) is 9.13. The SMILES string of the molecule is CC(C)C1CN=C(NC2CC3CCCC(C2)N3C)S1. The fourth-order valence-corrected chi connectivity index (χ4v) is 4.82. The molecule has 0 spiro atoms. The molecule has 3 aliphatic rings. The van der Waals surface area contributed by atoms with Crippen molar-refractivity contribution >= 4 is 16.9 Å². The van der Waals surface area contributed by atoms with Crippen LogP contribution in [0.4, 0.5) is 0 Å². The lowest BCUT2D eigenvalue weighted by molar-refractivity contribution is 0.0530. The van der Waals surface area contributed by atoms with E-state index in [0.717, 1.165) is 24.5 Å². The number of thioether (sulfide) groups is 1. The summed E-state index contributed by atoms with van der Waals surface area (Å²) < 4.78 is 0. The van der Waals surface area contributed by atoms with E-state index in [4.69, 9.17) is 4.99 Å². The summed E-state index contributed by atoms with van der Waals surface area (Å²) in [6.07, 6.45) is 6.81. The lowest BCUT2D eigenvalue weighted by Crippen LogP contribution is -2.55. The van der Waals surface area contributed by atoms with Crippen LogP contribution in [-0.2, 0) is 0 Å². The molecule has 0 aromatic heterocycles. The normalized spacial score (nSPS) is 39.5. The van der Waals surface area contributed by atoms with Gasteiger partial charge >= 0.3 is 0 Å². The van der Waals surface area contributed by atoms with Crippen LogP contribution in [0.2, 0.25) is 0 Å². The Morgan fingerprint density at radius 3 is 2.53 bits per heavy atom. The summed E-state index contributed by atoms with van der Waals surface area (Å²) >= 11 is 1.97. The highest BCUT2D eigenvalue weighted by molar-refractivity contribution is 8.14. The zero-order valence-electron chi connectivity index (χ0n) is 12.4. The molecule has 0 saturated carbocycles. The standard InChI is InChI=1S/C15H27N3S/c1-10(2)14-9-16-15(19-14)17-11-7-12-5-4-6-13(8-11)18(12)3/h10-14H,4-9H2,1-3H3,(H,16,17). The number of hydrogen-bond acceptors (Lipinski definition) is 4. The second-order valence-corrected chi connectivity index (χ2v) is 7.99. The molecule has 3 unspecified atom stereocenters. The summed E-state index contributed by atoms with van der Waals surface area (Å²) in [5.74, 6) is 0.727. The van der Waals surface area contributed by atoms with E-state index in [1.54, 1.807) is 0 Å². The Balaban J connectivity index is 1.54. The van der Waals surface area contributed by atoms with Gasteiger partial charge in [-0.2, -0.15) is 0 Å². The van der Waals surface area contributed by atoms with Gasteiger partial charge in [-0.05, 0) is 38.6 Å². The third-order valence-corrected chi connectivity index (χ3v) is 6.56. The fraction of sp³-hybridized carbons (Fsp3) is 0.933. The molecule has 2 bridgehead atoms. The lowest BCUT2D eigenvalue weighted by atomic mass is 9.82. The quantitative estimate of drug-likeness (QED) is 0.843. The zero-order chi connectivity index (χ0) is 13.4. The van der Waals surface area contributed by atoms with Crippen molar-refractivity contribution in [2.24, 2.45) is 10.9 Å². The zero-order valence-corrected chi connectivity index (χ0v) is 13.2. The Hall–Kier alpha value is -0.220. The highest BCUT2D eigenvalue weighted by atomic mass is 32.2. The fourth-order valence-electron chi connectivity index (χ4n) is 3.73. The lowest BCUT2D eigenvalue weighted by Gasteiger charge is -2.47. The Morgan fingerprint density at radius 2 is 1.95 bits per heavy atom. The van der Waals surface area contributed by atoms with E-state index in [0.29, 0.717) is 11.3 Å². The van der Waals surface area contributed by atoms with Crippen LogP contribution in [0, 0.1) is 5.92 Å². The molecule has 3 heterocycles. The summed E-state index contributed by atoms with van der Waals surface area (Å²) in [6, 6.07) is 2.26. The maximum absolute atomic E-state index is 4.70. The van der Waals surface area contributed by atoms with Crippen LogP contribution in [0.5, 0.6) is 0 Å². The van der Waals surface area contributed by atoms with Crippen LogP contribution in [0.25, 0.3) is 0 Å². The molecular formula is C15H27N3S. The highest BCUT2D eigenvalue weighted by Gasteiger charge is 2.36. The van der Waals surface area contributed by atoms with Crippen molar-refractivity contribution in [1.29, 1.82) is 0 Å². The predicted octanol–water partition coefficient (Wildman–Crippen LogP) is 2.72. The predicted molar refractivity (Wildman–Crippen MR) is 83.9 cm³/mol. The van der Waals surface area contributed by atoms with Crippen molar-refractivity contribution in [3.8, 4) is 0 Å². The molecule has 0 aliphatic carbocycles. The average Bonchev–Trinajstić information content (AvgIpc) is 2.79. The largest absolute Gasteiger partial charge is 0.362 e. The first kappa shape index (κ1) is 13.7. The number of fused-ring (bicyclic) bond motifs is 2. The van der Waals surface area contributed by atoms with Crippen LogP contribution in [-0.4, -0.2) is 47.0 Å². The maximum Gasteiger partial charge on any atom is 0.157 e. The van der Waals surface area contributed by atoms with E-state index < -0.39 is 0 Å². The third kappa shape index (κ3) is 2.94. The van der Waals surface area contributed by atoms with E-state index in [9.17, 15) is 0 Å². The van der Waals surface area contributed by atoms with Crippen LogP contribution < -0.4 is 5.32 Å². The smallest absolute Gasteiger partial charge is 0.157 e. The third-order valence-electron chi connectivity index (χ3n) is 5.09. The van der Waals surface area contributed by atoms with Crippen molar-refractivity contribution < 1.29 is 0 Å². The van der Waals surface area contributed by atoms with Crippen molar-refractivity contribution in [1.82, 2.24) is 10.2 Å². The van der Waals surface area contributed by atoms with Gasteiger partial charge in [-0.1, -0.05) is 32.0 Å². The summed E-state index contributed by atoms with van der Waals surface area (Å²) in [5.41, 5.74) is 0. The van der Waals surface area contributed by atoms with Crippen LogP contribution in [0.3, 0.4) is 0 Å². The van der Waals surface area contributed by atoms with E-state index in [1.165, 1.54) is 37.3 Å². The number of aliphatic imine (C=N–C) groups is 1. The molecule has 4 heteroatoms. The Bertz CT molecular complexity index is 341. The van der Waals surface area contributed by atoms with Gasteiger partial charge in [0.2, 0.25) is 0 Å². The minimum Gasteiger partial charge on any atom is -0.362 e. The first-order valence-corrected chi connectivity index (χ1v) is 8.71. The van der Waals surface area contributed by atoms with Gasteiger partial charge < -0.3 is 10.2 Å². The monoisotopic (exact) mass is 281 g/mol. The van der Waals surface area contributed by atoms with Gasteiger partial charge in [0.25, 0.3) is 0 Å². The number of nitrogens with one attached hydrogen (secondary N) is 1. The van der Waals surface area contributed by atoms with Gasteiger partial charge in [-0.25, -0.2) is 0 Å². The molecule has 0 aromatic rings. The second kappa shape index (κ2) is 5.65. The molecule has 0 radical (unpaired) electrons. The van der Waals surface area contributed by atoms with Crippen molar-refractivity contribution in [3.63, 3.8) is 0 Å². The molecule has 0 amide bonds. The number of rotatable bonds is 2.